The van der Waals surface area contributed by atoms with Crippen LogP contribution in [0.25, 0.3) is 33.4 Å². The van der Waals surface area contributed by atoms with E-state index in [9.17, 15) is 0 Å². The van der Waals surface area contributed by atoms with Gasteiger partial charge in [0, 0.05) is 29.0 Å². The molecule has 34 heavy (non-hydrogen) atoms. The number of anilines is 3. The van der Waals surface area contributed by atoms with Crippen molar-refractivity contribution in [1.29, 1.82) is 0 Å². The molecule has 1 aliphatic heterocycles. The summed E-state index contributed by atoms with van der Waals surface area (Å²) in [6, 6.07) is 36.0. The zero-order valence-electron chi connectivity index (χ0n) is 19.2. The number of benzene rings is 4. The quantitative estimate of drug-likeness (QED) is 0.277. The lowest BCUT2D eigenvalue weighted by molar-refractivity contribution is 0.415. The molecule has 1 aliphatic rings. The van der Waals surface area contributed by atoms with Gasteiger partial charge in [-0.25, -0.2) is 4.98 Å². The average Bonchev–Trinajstić information content (AvgIpc) is 3.01. The Balaban J connectivity index is 1.63. The van der Waals surface area contributed by atoms with Crippen LogP contribution in [-0.2, 0) is 0 Å². The molecule has 0 radical (unpaired) electrons. The van der Waals surface area contributed by atoms with Crippen LogP contribution in [0.3, 0.4) is 0 Å². The Kier molecular flexibility index (Phi) is 4.88. The molecule has 0 fully saturated rings. The van der Waals surface area contributed by atoms with E-state index in [1.807, 2.05) is 18.3 Å². The van der Waals surface area contributed by atoms with Gasteiger partial charge in [0.2, 0.25) is 0 Å². The van der Waals surface area contributed by atoms with E-state index >= 15 is 0 Å². The van der Waals surface area contributed by atoms with E-state index in [4.69, 9.17) is 9.72 Å². The van der Waals surface area contributed by atoms with Crippen molar-refractivity contribution in [3.05, 3.63) is 115 Å². The largest absolute Gasteiger partial charge is 0.497 e. The topological polar surface area (TPSA) is 25.4 Å². The van der Waals surface area contributed by atoms with Crippen LogP contribution in [0.15, 0.2) is 109 Å². The van der Waals surface area contributed by atoms with Crippen molar-refractivity contribution in [1.82, 2.24) is 4.98 Å². The second-order valence-electron chi connectivity index (χ2n) is 8.50. The summed E-state index contributed by atoms with van der Waals surface area (Å²) in [4.78, 5) is 7.24. The van der Waals surface area contributed by atoms with Crippen molar-refractivity contribution in [2.45, 2.75) is 6.92 Å². The Morgan fingerprint density at radius 2 is 1.26 bits per heavy atom. The summed E-state index contributed by atoms with van der Waals surface area (Å²) in [5, 5.41) is 0. The molecule has 0 atom stereocenters. The maximum Gasteiger partial charge on any atom is 0.137 e. The monoisotopic (exact) mass is 440 g/mol. The molecule has 0 saturated heterocycles. The van der Waals surface area contributed by atoms with Crippen molar-refractivity contribution < 1.29 is 4.74 Å². The minimum atomic E-state index is 0.818. The molecule has 5 aromatic rings. The van der Waals surface area contributed by atoms with Gasteiger partial charge in [-0.15, -0.1) is 0 Å². The summed E-state index contributed by atoms with van der Waals surface area (Å²) in [6.07, 6.45) is 1.99. The van der Waals surface area contributed by atoms with Crippen LogP contribution in [0.1, 0.15) is 5.56 Å². The number of hydrogen-bond acceptors (Lipinski definition) is 3. The summed E-state index contributed by atoms with van der Waals surface area (Å²) in [5.74, 6) is 1.70. The predicted molar refractivity (Wildman–Crippen MR) is 140 cm³/mol. The number of ether oxygens (including phenoxy) is 1. The SMILES string of the molecule is COc1ccc2c(c1)N(c1cc(C)c(-c3ccccc3)cn1)c1ccccc1-c1ccccc1-2. The molecule has 0 spiro atoms. The van der Waals surface area contributed by atoms with Gasteiger partial charge in [-0.1, -0.05) is 72.8 Å². The molecule has 0 saturated carbocycles. The summed E-state index contributed by atoms with van der Waals surface area (Å²) in [6.45, 7) is 2.15. The van der Waals surface area contributed by atoms with E-state index in [2.05, 4.69) is 103 Å². The Bertz CT molecular complexity index is 1510. The third-order valence-corrected chi connectivity index (χ3v) is 6.51. The average molecular weight is 441 g/mol. The van der Waals surface area contributed by atoms with E-state index in [1.54, 1.807) is 7.11 Å². The highest BCUT2D eigenvalue weighted by atomic mass is 16.5. The van der Waals surface area contributed by atoms with E-state index in [0.29, 0.717) is 0 Å². The smallest absolute Gasteiger partial charge is 0.137 e. The molecule has 0 amide bonds. The van der Waals surface area contributed by atoms with Crippen LogP contribution in [0.4, 0.5) is 17.2 Å². The lowest BCUT2D eigenvalue weighted by atomic mass is 9.95. The molecule has 0 bridgehead atoms. The molecule has 0 aliphatic carbocycles. The number of para-hydroxylation sites is 1. The Morgan fingerprint density at radius 1 is 0.618 bits per heavy atom. The Labute approximate surface area is 199 Å². The highest BCUT2D eigenvalue weighted by Crippen LogP contribution is 2.51. The molecule has 164 valence electrons. The number of fused-ring (bicyclic) bond motifs is 5. The van der Waals surface area contributed by atoms with Gasteiger partial charge < -0.3 is 4.74 Å². The Hall–Kier alpha value is -4.37. The molecule has 2 heterocycles. The zero-order valence-corrected chi connectivity index (χ0v) is 19.2. The van der Waals surface area contributed by atoms with Crippen LogP contribution in [0.2, 0.25) is 0 Å². The first-order valence-electron chi connectivity index (χ1n) is 11.4. The lowest BCUT2D eigenvalue weighted by Crippen LogP contribution is -2.13. The van der Waals surface area contributed by atoms with Crippen molar-refractivity contribution in [2.75, 3.05) is 12.0 Å². The fourth-order valence-corrected chi connectivity index (χ4v) is 4.86. The van der Waals surface area contributed by atoms with Crippen molar-refractivity contribution in [2.24, 2.45) is 0 Å². The number of methoxy groups -OCH3 is 1. The van der Waals surface area contributed by atoms with E-state index in [-0.39, 0.29) is 0 Å². The van der Waals surface area contributed by atoms with Crippen molar-refractivity contribution in [3.63, 3.8) is 0 Å². The zero-order chi connectivity index (χ0) is 23.1. The number of nitrogens with zero attached hydrogens (tertiary/aromatic N) is 2. The van der Waals surface area contributed by atoms with Gasteiger partial charge in [0.25, 0.3) is 0 Å². The summed E-state index contributed by atoms with van der Waals surface area (Å²) < 4.78 is 5.63. The summed E-state index contributed by atoms with van der Waals surface area (Å²) in [7, 11) is 1.71. The second kappa shape index (κ2) is 8.20. The summed E-state index contributed by atoms with van der Waals surface area (Å²) >= 11 is 0. The fourth-order valence-electron chi connectivity index (χ4n) is 4.86. The van der Waals surface area contributed by atoms with Gasteiger partial charge in [0.05, 0.1) is 18.5 Å². The van der Waals surface area contributed by atoms with E-state index in [0.717, 1.165) is 34.1 Å². The van der Waals surface area contributed by atoms with Crippen LogP contribution in [0, 0.1) is 6.92 Å². The first kappa shape index (κ1) is 20.3. The normalized spacial score (nSPS) is 11.8. The number of hydrogen-bond donors (Lipinski definition) is 0. The number of rotatable bonds is 3. The van der Waals surface area contributed by atoms with Gasteiger partial charge in [0.1, 0.15) is 11.6 Å². The second-order valence-corrected chi connectivity index (χ2v) is 8.50. The fraction of sp³-hybridized carbons (Fsp3) is 0.0645. The van der Waals surface area contributed by atoms with Crippen LogP contribution >= 0.6 is 0 Å². The highest BCUT2D eigenvalue weighted by Gasteiger charge is 2.27. The molecule has 3 heteroatoms. The molecular weight excluding hydrogens is 416 g/mol. The third kappa shape index (κ3) is 3.25. The van der Waals surface area contributed by atoms with Crippen LogP contribution in [-0.4, -0.2) is 12.1 Å². The van der Waals surface area contributed by atoms with Gasteiger partial charge in [0.15, 0.2) is 0 Å². The number of aromatic nitrogens is 1. The van der Waals surface area contributed by atoms with Crippen molar-refractivity contribution >= 4 is 17.2 Å². The lowest BCUT2D eigenvalue weighted by Gasteiger charge is -2.27. The Morgan fingerprint density at radius 3 is 1.97 bits per heavy atom. The van der Waals surface area contributed by atoms with Crippen molar-refractivity contribution in [3.8, 4) is 39.1 Å². The predicted octanol–water partition coefficient (Wildman–Crippen LogP) is 8.18. The minimum Gasteiger partial charge on any atom is -0.497 e. The van der Waals surface area contributed by atoms with Gasteiger partial charge in [-0.05, 0) is 53.4 Å². The standard InChI is InChI=1S/C31H24N2O/c1-21-18-31(32-20-28(21)22-10-4-3-5-11-22)33-29-15-9-8-14-26(29)24-12-6-7-13-25(24)27-17-16-23(34-2)19-30(27)33/h3-20H,1-2H3. The van der Waals surface area contributed by atoms with Gasteiger partial charge in [-0.3, -0.25) is 4.90 Å². The van der Waals surface area contributed by atoms with Gasteiger partial charge >= 0.3 is 0 Å². The third-order valence-electron chi connectivity index (χ3n) is 6.51. The molecule has 0 N–H and O–H groups in total. The maximum absolute atomic E-state index is 5.63. The maximum atomic E-state index is 5.63. The first-order valence-corrected chi connectivity index (χ1v) is 11.4. The van der Waals surface area contributed by atoms with E-state index < -0.39 is 0 Å². The van der Waals surface area contributed by atoms with Crippen LogP contribution < -0.4 is 9.64 Å². The number of pyridine rings is 1. The minimum absolute atomic E-state index is 0.818. The molecule has 1 aromatic heterocycles. The molecular formula is C31H24N2O. The highest BCUT2D eigenvalue weighted by molar-refractivity contribution is 6.02. The molecule has 0 unspecified atom stereocenters. The molecule has 4 aromatic carbocycles. The summed E-state index contributed by atoms with van der Waals surface area (Å²) in [5.41, 5.74) is 10.4. The van der Waals surface area contributed by atoms with E-state index in [1.165, 1.54) is 27.8 Å². The first-order chi connectivity index (χ1) is 16.7. The van der Waals surface area contributed by atoms with Crippen LogP contribution in [0.5, 0.6) is 5.75 Å². The molecule has 6 rings (SSSR count). The molecule has 3 nitrogen and oxygen atoms in total. The number of aryl methyl sites for hydroxylation is 1. The van der Waals surface area contributed by atoms with Gasteiger partial charge in [-0.2, -0.15) is 0 Å².